The normalized spacial score (nSPS) is 21.2. The molecule has 2 rings (SSSR count). The highest BCUT2D eigenvalue weighted by atomic mass is 32.2. The van der Waals surface area contributed by atoms with Crippen molar-refractivity contribution in [1.29, 1.82) is 0 Å². The molecule has 90 valence electrons. The van der Waals surface area contributed by atoms with Crippen molar-refractivity contribution in [2.75, 3.05) is 12.3 Å². The van der Waals surface area contributed by atoms with Gasteiger partial charge in [0.25, 0.3) is 0 Å². The van der Waals surface area contributed by atoms with E-state index < -0.39 is 0 Å². The molecule has 2 nitrogen and oxygen atoms in total. The zero-order chi connectivity index (χ0) is 11.2. The average Bonchev–Trinajstić information content (AvgIpc) is 2.78. The molecule has 1 aromatic rings. The van der Waals surface area contributed by atoms with Crippen LogP contribution in [-0.2, 0) is 13.0 Å². The summed E-state index contributed by atoms with van der Waals surface area (Å²) in [5, 5.41) is 5.65. The number of aryl methyl sites for hydroxylation is 1. The van der Waals surface area contributed by atoms with Crippen LogP contribution < -0.4 is 5.32 Å². The van der Waals surface area contributed by atoms with Crippen molar-refractivity contribution in [1.82, 2.24) is 10.3 Å². The topological polar surface area (TPSA) is 24.9 Å². The molecule has 4 heteroatoms. The lowest BCUT2D eigenvalue weighted by Crippen LogP contribution is -2.26. The molecular weight excluding hydrogens is 236 g/mol. The van der Waals surface area contributed by atoms with Gasteiger partial charge in [0.05, 0.1) is 5.01 Å². The van der Waals surface area contributed by atoms with Crippen LogP contribution in [0.15, 0.2) is 6.20 Å². The minimum Gasteiger partial charge on any atom is -0.311 e. The fraction of sp³-hybridized carbons (Fsp3) is 0.750. The summed E-state index contributed by atoms with van der Waals surface area (Å²) in [6, 6.07) is 0. The first-order chi connectivity index (χ1) is 7.88. The van der Waals surface area contributed by atoms with E-state index in [1.165, 1.54) is 34.9 Å². The van der Waals surface area contributed by atoms with Gasteiger partial charge in [-0.05, 0) is 25.0 Å². The first kappa shape index (κ1) is 12.4. The summed E-state index contributed by atoms with van der Waals surface area (Å²) in [7, 11) is 0. The molecule has 0 aliphatic carbocycles. The maximum absolute atomic E-state index is 4.37. The van der Waals surface area contributed by atoms with Crippen molar-refractivity contribution in [3.8, 4) is 0 Å². The van der Waals surface area contributed by atoms with Gasteiger partial charge in [0.2, 0.25) is 0 Å². The number of nitrogens with one attached hydrogen (secondary N) is 1. The van der Waals surface area contributed by atoms with E-state index in [2.05, 4.69) is 29.0 Å². The predicted octanol–water partition coefficient (Wildman–Crippen LogP) is 3.08. The molecule has 0 bridgehead atoms. The van der Waals surface area contributed by atoms with E-state index in [-0.39, 0.29) is 0 Å². The van der Waals surface area contributed by atoms with Crippen LogP contribution in [0.25, 0.3) is 0 Å². The Balaban J connectivity index is 1.66. The van der Waals surface area contributed by atoms with Crippen LogP contribution in [-0.4, -0.2) is 22.5 Å². The van der Waals surface area contributed by atoms with Crippen molar-refractivity contribution < 1.29 is 0 Å². The van der Waals surface area contributed by atoms with E-state index in [0.717, 1.165) is 24.8 Å². The lowest BCUT2D eigenvalue weighted by atomic mass is 10.2. The third-order valence-electron chi connectivity index (χ3n) is 2.85. The highest BCUT2D eigenvalue weighted by molar-refractivity contribution is 7.99. The molecule has 1 fully saturated rings. The highest BCUT2D eigenvalue weighted by Crippen LogP contribution is 2.24. The molecule has 1 aromatic heterocycles. The lowest BCUT2D eigenvalue weighted by molar-refractivity contribution is 0.600. The van der Waals surface area contributed by atoms with Gasteiger partial charge in [-0.3, -0.25) is 0 Å². The molecule has 0 spiro atoms. The minimum atomic E-state index is 0.840. The SMILES string of the molecule is CCc1ncc(CNCC2CCCCS2)s1. The van der Waals surface area contributed by atoms with Crippen LogP contribution in [0.5, 0.6) is 0 Å². The van der Waals surface area contributed by atoms with Gasteiger partial charge in [0, 0.05) is 29.4 Å². The molecule has 16 heavy (non-hydrogen) atoms. The molecule has 0 amide bonds. The average molecular weight is 256 g/mol. The van der Waals surface area contributed by atoms with E-state index in [4.69, 9.17) is 0 Å². The largest absolute Gasteiger partial charge is 0.311 e. The first-order valence-electron chi connectivity index (χ1n) is 6.14. The number of thioether (sulfide) groups is 1. The van der Waals surface area contributed by atoms with Gasteiger partial charge in [0.15, 0.2) is 0 Å². The molecular formula is C12H20N2S2. The molecule has 1 unspecified atom stereocenters. The number of thiazole rings is 1. The van der Waals surface area contributed by atoms with Gasteiger partial charge in [-0.25, -0.2) is 4.98 Å². The Kier molecular flexibility index (Phi) is 5.13. The minimum absolute atomic E-state index is 0.840. The second-order valence-electron chi connectivity index (χ2n) is 4.19. The second kappa shape index (κ2) is 6.62. The Hall–Kier alpha value is -0.0600. The van der Waals surface area contributed by atoms with Gasteiger partial charge in [0.1, 0.15) is 0 Å². The Labute approximate surface area is 106 Å². The van der Waals surface area contributed by atoms with E-state index in [1.54, 1.807) is 0 Å². The highest BCUT2D eigenvalue weighted by Gasteiger charge is 2.13. The molecule has 2 heterocycles. The quantitative estimate of drug-likeness (QED) is 0.876. The summed E-state index contributed by atoms with van der Waals surface area (Å²) in [4.78, 5) is 5.75. The molecule has 1 aliphatic heterocycles. The van der Waals surface area contributed by atoms with Gasteiger partial charge in [-0.2, -0.15) is 11.8 Å². The van der Waals surface area contributed by atoms with Crippen LogP contribution in [0, 0.1) is 0 Å². The van der Waals surface area contributed by atoms with E-state index in [9.17, 15) is 0 Å². The Morgan fingerprint density at radius 2 is 2.44 bits per heavy atom. The standard InChI is InChI=1S/C12H20N2S2/c1-2-12-14-9-11(16-12)8-13-7-10-5-3-4-6-15-10/h9-10,13H,2-8H2,1H3. The Bertz CT molecular complexity index is 306. The summed E-state index contributed by atoms with van der Waals surface area (Å²) in [5.41, 5.74) is 0. The van der Waals surface area contributed by atoms with Crippen LogP contribution in [0.3, 0.4) is 0 Å². The van der Waals surface area contributed by atoms with Crippen LogP contribution in [0.2, 0.25) is 0 Å². The van der Waals surface area contributed by atoms with Crippen molar-refractivity contribution >= 4 is 23.1 Å². The molecule has 0 aromatic carbocycles. The summed E-state index contributed by atoms with van der Waals surface area (Å²) in [5.74, 6) is 1.35. The smallest absolute Gasteiger partial charge is 0.0925 e. The van der Waals surface area contributed by atoms with Crippen LogP contribution >= 0.6 is 23.1 Å². The van der Waals surface area contributed by atoms with Gasteiger partial charge >= 0.3 is 0 Å². The van der Waals surface area contributed by atoms with Crippen molar-refractivity contribution in [3.05, 3.63) is 16.1 Å². The maximum Gasteiger partial charge on any atom is 0.0925 e. The summed E-state index contributed by atoms with van der Waals surface area (Å²) in [6.07, 6.45) is 7.30. The molecule has 1 atom stereocenters. The van der Waals surface area contributed by atoms with E-state index in [0.29, 0.717) is 0 Å². The third kappa shape index (κ3) is 3.75. The number of rotatable bonds is 5. The summed E-state index contributed by atoms with van der Waals surface area (Å²) < 4.78 is 0. The molecule has 1 aliphatic rings. The lowest BCUT2D eigenvalue weighted by Gasteiger charge is -2.21. The molecule has 1 saturated heterocycles. The molecule has 0 saturated carbocycles. The maximum atomic E-state index is 4.37. The Morgan fingerprint density at radius 1 is 1.50 bits per heavy atom. The van der Waals surface area contributed by atoms with Gasteiger partial charge in [-0.15, -0.1) is 11.3 Å². The number of hydrogen-bond donors (Lipinski definition) is 1. The van der Waals surface area contributed by atoms with E-state index >= 15 is 0 Å². The van der Waals surface area contributed by atoms with Gasteiger partial charge in [-0.1, -0.05) is 13.3 Å². The van der Waals surface area contributed by atoms with E-state index in [1.807, 2.05) is 17.5 Å². The zero-order valence-corrected chi connectivity index (χ0v) is 11.5. The monoisotopic (exact) mass is 256 g/mol. The number of nitrogens with zero attached hydrogens (tertiary/aromatic N) is 1. The fourth-order valence-corrected chi connectivity index (χ4v) is 4.02. The number of hydrogen-bond acceptors (Lipinski definition) is 4. The van der Waals surface area contributed by atoms with Crippen molar-refractivity contribution in [3.63, 3.8) is 0 Å². The summed E-state index contributed by atoms with van der Waals surface area (Å²) >= 11 is 3.97. The van der Waals surface area contributed by atoms with Gasteiger partial charge < -0.3 is 5.32 Å². The molecule has 1 N–H and O–H groups in total. The van der Waals surface area contributed by atoms with Crippen molar-refractivity contribution in [2.24, 2.45) is 0 Å². The van der Waals surface area contributed by atoms with Crippen LogP contribution in [0.1, 0.15) is 36.1 Å². The number of aromatic nitrogens is 1. The Morgan fingerprint density at radius 3 is 3.12 bits per heavy atom. The predicted molar refractivity (Wildman–Crippen MR) is 73.3 cm³/mol. The van der Waals surface area contributed by atoms with Crippen molar-refractivity contribution in [2.45, 2.75) is 44.4 Å². The summed E-state index contributed by atoms with van der Waals surface area (Å²) in [6.45, 7) is 4.31. The molecule has 0 radical (unpaired) electrons. The first-order valence-corrected chi connectivity index (χ1v) is 8.01. The zero-order valence-electron chi connectivity index (χ0n) is 9.87. The third-order valence-corrected chi connectivity index (χ3v) is 5.39. The van der Waals surface area contributed by atoms with Crippen LogP contribution in [0.4, 0.5) is 0 Å². The second-order valence-corrected chi connectivity index (χ2v) is 6.80. The fourth-order valence-electron chi connectivity index (χ4n) is 1.92.